The quantitative estimate of drug-likeness (QED) is 0.905. The van der Waals surface area contributed by atoms with Gasteiger partial charge in [-0.25, -0.2) is 4.98 Å². The number of aliphatic hydroxyl groups excluding tert-OH is 1. The van der Waals surface area contributed by atoms with Gasteiger partial charge in [0, 0.05) is 24.8 Å². The zero-order chi connectivity index (χ0) is 14.1. The number of aryl methyl sites for hydroxylation is 1. The van der Waals surface area contributed by atoms with Gasteiger partial charge in [0.1, 0.15) is 5.65 Å². The molecule has 1 fully saturated rings. The van der Waals surface area contributed by atoms with Crippen molar-refractivity contribution >= 4 is 5.65 Å². The molecule has 2 aromatic heterocycles. The second kappa shape index (κ2) is 5.34. The number of hydrogen-bond donors (Lipinski definition) is 1. The maximum atomic E-state index is 12.1. The summed E-state index contributed by atoms with van der Waals surface area (Å²) in [7, 11) is 0. The Bertz CT molecular complexity index is 680. The normalized spacial score (nSPS) is 19.8. The molecule has 106 valence electrons. The van der Waals surface area contributed by atoms with Crippen LogP contribution in [0.25, 0.3) is 5.65 Å². The highest BCUT2D eigenvalue weighted by molar-refractivity contribution is 5.39. The van der Waals surface area contributed by atoms with E-state index in [-0.39, 0.29) is 18.2 Å². The van der Waals surface area contributed by atoms with Crippen molar-refractivity contribution in [3.63, 3.8) is 0 Å². The molecule has 2 aromatic rings. The van der Waals surface area contributed by atoms with Gasteiger partial charge >= 0.3 is 0 Å². The predicted molar refractivity (Wildman–Crippen MR) is 76.7 cm³/mol. The van der Waals surface area contributed by atoms with Gasteiger partial charge in [-0.15, -0.1) is 0 Å². The molecule has 0 aromatic carbocycles. The second-order valence-corrected chi connectivity index (χ2v) is 5.47. The van der Waals surface area contributed by atoms with Crippen molar-refractivity contribution < 1.29 is 5.11 Å². The van der Waals surface area contributed by atoms with E-state index in [1.807, 2.05) is 19.1 Å². The molecule has 5 nitrogen and oxygen atoms in total. The van der Waals surface area contributed by atoms with E-state index in [2.05, 4.69) is 9.88 Å². The molecule has 0 bridgehead atoms. The average Bonchev–Trinajstić information content (AvgIpc) is 2.87. The van der Waals surface area contributed by atoms with Crippen LogP contribution in [-0.4, -0.2) is 38.6 Å². The maximum Gasteiger partial charge on any atom is 0.258 e. The number of fused-ring (bicyclic) bond motifs is 1. The van der Waals surface area contributed by atoms with Crippen molar-refractivity contribution in [2.75, 3.05) is 13.2 Å². The van der Waals surface area contributed by atoms with Crippen LogP contribution in [0.2, 0.25) is 0 Å². The molecule has 5 heteroatoms. The summed E-state index contributed by atoms with van der Waals surface area (Å²) >= 11 is 0. The maximum absolute atomic E-state index is 12.1. The van der Waals surface area contributed by atoms with Gasteiger partial charge in [-0.1, -0.05) is 6.07 Å². The molecule has 3 heterocycles. The highest BCUT2D eigenvalue weighted by Crippen LogP contribution is 2.18. The van der Waals surface area contributed by atoms with Crippen LogP contribution in [0.3, 0.4) is 0 Å². The van der Waals surface area contributed by atoms with Crippen LogP contribution in [-0.2, 0) is 6.54 Å². The number of pyridine rings is 1. The van der Waals surface area contributed by atoms with Gasteiger partial charge in [-0.2, -0.15) is 0 Å². The van der Waals surface area contributed by atoms with Crippen LogP contribution in [0.15, 0.2) is 29.2 Å². The van der Waals surface area contributed by atoms with E-state index in [0.29, 0.717) is 12.2 Å². The molecule has 1 N–H and O–H groups in total. The summed E-state index contributed by atoms with van der Waals surface area (Å²) in [5.74, 6) is 0. The first-order valence-corrected chi connectivity index (χ1v) is 7.01. The number of hydrogen-bond acceptors (Lipinski definition) is 4. The Balaban J connectivity index is 1.93. The number of likely N-dealkylation sites (tertiary alicyclic amines) is 1. The van der Waals surface area contributed by atoms with Crippen LogP contribution in [0.5, 0.6) is 0 Å². The van der Waals surface area contributed by atoms with Gasteiger partial charge in [-0.3, -0.25) is 14.1 Å². The highest BCUT2D eigenvalue weighted by atomic mass is 16.3. The summed E-state index contributed by atoms with van der Waals surface area (Å²) in [4.78, 5) is 18.9. The summed E-state index contributed by atoms with van der Waals surface area (Å²) in [6.07, 6.45) is 3.92. The lowest BCUT2D eigenvalue weighted by Gasteiger charge is -2.22. The molecule has 1 aliphatic rings. The van der Waals surface area contributed by atoms with Gasteiger partial charge < -0.3 is 5.11 Å². The Morgan fingerprint density at radius 2 is 2.30 bits per heavy atom. The van der Waals surface area contributed by atoms with E-state index in [0.717, 1.165) is 30.6 Å². The molecule has 0 unspecified atom stereocenters. The van der Waals surface area contributed by atoms with Crippen molar-refractivity contribution in [2.24, 2.45) is 0 Å². The van der Waals surface area contributed by atoms with Gasteiger partial charge in [0.15, 0.2) is 0 Å². The number of rotatable bonds is 3. The molecule has 0 aliphatic carbocycles. The van der Waals surface area contributed by atoms with Crippen LogP contribution < -0.4 is 5.56 Å². The SMILES string of the molecule is Cc1ccc2nc(CN3CCC[C@@H]3CO)cc(=O)n2c1. The van der Waals surface area contributed by atoms with Gasteiger partial charge in [0.05, 0.1) is 12.3 Å². The molecule has 0 spiro atoms. The molecule has 20 heavy (non-hydrogen) atoms. The zero-order valence-electron chi connectivity index (χ0n) is 11.6. The smallest absolute Gasteiger partial charge is 0.258 e. The van der Waals surface area contributed by atoms with Crippen molar-refractivity contribution in [3.8, 4) is 0 Å². The third-order valence-corrected chi connectivity index (χ3v) is 3.94. The molecule has 1 atom stereocenters. The zero-order valence-corrected chi connectivity index (χ0v) is 11.6. The molecular formula is C15H19N3O2. The third-order valence-electron chi connectivity index (χ3n) is 3.94. The fraction of sp³-hybridized carbons (Fsp3) is 0.467. The van der Waals surface area contributed by atoms with E-state index in [9.17, 15) is 9.90 Å². The minimum atomic E-state index is -0.0477. The summed E-state index contributed by atoms with van der Waals surface area (Å²) in [5, 5.41) is 9.34. The Labute approximate surface area is 117 Å². The monoisotopic (exact) mass is 273 g/mol. The Morgan fingerprint density at radius 1 is 1.45 bits per heavy atom. The second-order valence-electron chi connectivity index (χ2n) is 5.47. The standard InChI is InChI=1S/C15H19N3O2/c1-11-4-5-14-16-12(7-15(20)18(14)8-11)9-17-6-2-3-13(17)10-19/h4-5,7-8,13,19H,2-3,6,9-10H2,1H3/t13-/m1/s1. The Morgan fingerprint density at radius 3 is 3.10 bits per heavy atom. The van der Waals surface area contributed by atoms with E-state index in [1.54, 1.807) is 16.7 Å². The van der Waals surface area contributed by atoms with Gasteiger partial charge in [0.25, 0.3) is 5.56 Å². The summed E-state index contributed by atoms with van der Waals surface area (Å²) in [6.45, 7) is 3.71. The van der Waals surface area contributed by atoms with Crippen LogP contribution in [0.1, 0.15) is 24.1 Å². The minimum Gasteiger partial charge on any atom is -0.395 e. The minimum absolute atomic E-state index is 0.0477. The lowest BCUT2D eigenvalue weighted by Crippen LogP contribution is -2.32. The van der Waals surface area contributed by atoms with Crippen molar-refractivity contribution in [3.05, 3.63) is 46.0 Å². The first-order chi connectivity index (χ1) is 9.67. The highest BCUT2D eigenvalue weighted by Gasteiger charge is 2.24. The van der Waals surface area contributed by atoms with Gasteiger partial charge in [0.2, 0.25) is 0 Å². The average molecular weight is 273 g/mol. The fourth-order valence-electron chi connectivity index (χ4n) is 2.86. The molecule has 0 amide bonds. The van der Waals surface area contributed by atoms with E-state index < -0.39 is 0 Å². The lowest BCUT2D eigenvalue weighted by atomic mass is 10.2. The molecule has 0 radical (unpaired) electrons. The van der Waals surface area contributed by atoms with Crippen molar-refractivity contribution in [1.29, 1.82) is 0 Å². The molecule has 1 saturated heterocycles. The summed E-state index contributed by atoms with van der Waals surface area (Å²) < 4.78 is 1.58. The van der Waals surface area contributed by atoms with Crippen LogP contribution in [0.4, 0.5) is 0 Å². The summed E-state index contributed by atoms with van der Waals surface area (Å²) in [6, 6.07) is 5.62. The van der Waals surface area contributed by atoms with Gasteiger partial charge in [-0.05, 0) is 37.9 Å². The van der Waals surface area contributed by atoms with E-state index in [4.69, 9.17) is 0 Å². The molecule has 3 rings (SSSR count). The van der Waals surface area contributed by atoms with E-state index >= 15 is 0 Å². The third kappa shape index (κ3) is 2.46. The van der Waals surface area contributed by atoms with Crippen molar-refractivity contribution in [2.45, 2.75) is 32.4 Å². The predicted octanol–water partition coefficient (Wildman–Crippen LogP) is 0.960. The summed E-state index contributed by atoms with van der Waals surface area (Å²) in [5.41, 5.74) is 2.44. The van der Waals surface area contributed by atoms with E-state index in [1.165, 1.54) is 0 Å². The number of aromatic nitrogens is 2. The Kier molecular flexibility index (Phi) is 3.54. The largest absolute Gasteiger partial charge is 0.395 e. The van der Waals surface area contributed by atoms with Crippen molar-refractivity contribution in [1.82, 2.24) is 14.3 Å². The Hall–Kier alpha value is -1.72. The molecular weight excluding hydrogens is 254 g/mol. The lowest BCUT2D eigenvalue weighted by molar-refractivity contribution is 0.152. The van der Waals surface area contributed by atoms with Crippen LogP contribution >= 0.6 is 0 Å². The fourth-order valence-corrected chi connectivity index (χ4v) is 2.86. The van der Waals surface area contributed by atoms with Crippen LogP contribution in [0, 0.1) is 6.92 Å². The first kappa shape index (κ1) is 13.3. The number of nitrogens with zero attached hydrogens (tertiary/aromatic N) is 3. The molecule has 0 saturated carbocycles. The topological polar surface area (TPSA) is 57.8 Å². The first-order valence-electron chi connectivity index (χ1n) is 7.01. The molecule has 1 aliphatic heterocycles. The number of aliphatic hydroxyl groups is 1.